The molecule has 0 atom stereocenters. The van der Waals surface area contributed by atoms with E-state index in [4.69, 9.17) is 27.9 Å². The Hall–Kier alpha value is -3.70. The summed E-state index contributed by atoms with van der Waals surface area (Å²) in [4.78, 5) is 12.8. The molecular formula is C27H23Cl2N3O6S. The second-order valence-corrected chi connectivity index (χ2v) is 10.5. The van der Waals surface area contributed by atoms with E-state index in [0.29, 0.717) is 45.8 Å². The molecule has 0 fully saturated rings. The number of aromatic hydroxyl groups is 1. The lowest BCUT2D eigenvalue weighted by molar-refractivity contribution is 0.102. The van der Waals surface area contributed by atoms with Gasteiger partial charge in [-0.15, -0.1) is 10.2 Å². The summed E-state index contributed by atoms with van der Waals surface area (Å²) in [5, 5.41) is 23.6. The number of hydrogen-bond acceptors (Lipinski definition) is 7. The van der Waals surface area contributed by atoms with Crippen LogP contribution in [0.4, 0.5) is 17.1 Å². The Morgan fingerprint density at radius 1 is 1.03 bits per heavy atom. The Balaban J connectivity index is 1.83. The summed E-state index contributed by atoms with van der Waals surface area (Å²) in [5.41, 5.74) is 0.389. The van der Waals surface area contributed by atoms with Gasteiger partial charge in [0.15, 0.2) is 5.75 Å². The first-order valence-corrected chi connectivity index (χ1v) is 13.9. The SMILES string of the molecule is CCOc1cc(Cl)ccc1NC(=O)c1cc2ccccc2c(N=Nc2cc(Cl)c(CC)cc2S(=O)(=O)O)c1O. The van der Waals surface area contributed by atoms with Crippen LogP contribution in [0.3, 0.4) is 0 Å². The predicted octanol–water partition coefficient (Wildman–Crippen LogP) is 7.73. The number of carbonyl (C=O) groups excluding carboxylic acids is 1. The van der Waals surface area contributed by atoms with Crippen molar-refractivity contribution in [3.63, 3.8) is 0 Å². The van der Waals surface area contributed by atoms with Gasteiger partial charge in [-0.1, -0.05) is 54.4 Å². The van der Waals surface area contributed by atoms with Crippen molar-refractivity contribution in [2.45, 2.75) is 25.2 Å². The van der Waals surface area contributed by atoms with Gasteiger partial charge in [-0.3, -0.25) is 9.35 Å². The number of rotatable bonds is 8. The number of phenolic OH excluding ortho intramolecular Hbond substituents is 1. The standard InChI is InChI=1S/C27H23Cl2N3O6S/c1-3-15-12-24(39(35,36)37)22(14-20(15)29)31-32-25-18-8-6-5-7-16(18)11-19(26(25)33)27(34)30-21-10-9-17(28)13-23(21)38-4-2/h5-14,33H,3-4H2,1-2H3,(H,30,34)(H,35,36,37). The highest BCUT2D eigenvalue weighted by atomic mass is 35.5. The number of carbonyl (C=O) groups is 1. The third kappa shape index (κ3) is 6.15. The van der Waals surface area contributed by atoms with E-state index in [1.54, 1.807) is 56.3 Å². The number of halogens is 2. The maximum atomic E-state index is 13.3. The molecule has 4 aromatic rings. The Morgan fingerprint density at radius 2 is 1.77 bits per heavy atom. The monoisotopic (exact) mass is 587 g/mol. The van der Waals surface area contributed by atoms with Gasteiger partial charge in [-0.05, 0) is 54.6 Å². The van der Waals surface area contributed by atoms with E-state index in [1.807, 2.05) is 0 Å². The van der Waals surface area contributed by atoms with Crippen molar-refractivity contribution in [2.75, 3.05) is 11.9 Å². The Bertz CT molecular complexity index is 1720. The van der Waals surface area contributed by atoms with Gasteiger partial charge in [0.2, 0.25) is 0 Å². The van der Waals surface area contributed by atoms with Crippen LogP contribution in [0.25, 0.3) is 10.8 Å². The minimum atomic E-state index is -4.67. The van der Waals surface area contributed by atoms with Gasteiger partial charge in [0.25, 0.3) is 16.0 Å². The summed E-state index contributed by atoms with van der Waals surface area (Å²) in [6, 6.07) is 15.5. The summed E-state index contributed by atoms with van der Waals surface area (Å²) >= 11 is 12.3. The molecular weight excluding hydrogens is 565 g/mol. The first kappa shape index (κ1) is 28.3. The number of anilines is 1. The molecule has 1 amide bonds. The summed E-state index contributed by atoms with van der Waals surface area (Å²) in [7, 11) is -4.67. The van der Waals surface area contributed by atoms with Gasteiger partial charge in [0.05, 0.1) is 17.9 Å². The van der Waals surface area contributed by atoms with E-state index < -0.39 is 26.7 Å². The van der Waals surface area contributed by atoms with Crippen molar-refractivity contribution in [3.8, 4) is 11.5 Å². The smallest absolute Gasteiger partial charge is 0.296 e. The van der Waals surface area contributed by atoms with Crippen molar-refractivity contribution in [1.29, 1.82) is 0 Å². The zero-order valence-corrected chi connectivity index (χ0v) is 23.1. The molecule has 4 rings (SSSR count). The molecule has 12 heteroatoms. The van der Waals surface area contributed by atoms with E-state index in [-0.39, 0.29) is 22.0 Å². The van der Waals surface area contributed by atoms with Crippen LogP contribution < -0.4 is 10.1 Å². The number of aryl methyl sites for hydroxylation is 1. The number of phenols is 1. The second kappa shape index (κ2) is 11.6. The molecule has 0 heterocycles. The van der Waals surface area contributed by atoms with E-state index in [1.165, 1.54) is 18.2 Å². The van der Waals surface area contributed by atoms with Gasteiger partial charge in [0, 0.05) is 21.5 Å². The fourth-order valence-corrected chi connectivity index (χ4v) is 5.01. The number of nitrogens with one attached hydrogen (secondary N) is 1. The molecule has 39 heavy (non-hydrogen) atoms. The number of hydrogen-bond donors (Lipinski definition) is 3. The number of amides is 1. The molecule has 0 aliphatic rings. The summed E-state index contributed by atoms with van der Waals surface area (Å²) in [6.45, 7) is 3.90. The molecule has 0 aliphatic heterocycles. The Kier molecular flexibility index (Phi) is 8.41. The molecule has 0 saturated heterocycles. The maximum Gasteiger partial charge on any atom is 0.296 e. The zero-order chi connectivity index (χ0) is 28.3. The fraction of sp³-hybridized carbons (Fsp3) is 0.148. The average Bonchev–Trinajstić information content (AvgIpc) is 2.88. The van der Waals surface area contributed by atoms with Crippen LogP contribution in [0.1, 0.15) is 29.8 Å². The summed E-state index contributed by atoms with van der Waals surface area (Å²) in [6.07, 6.45) is 0.417. The summed E-state index contributed by atoms with van der Waals surface area (Å²) in [5.74, 6) is -0.804. The minimum Gasteiger partial charge on any atom is -0.505 e. The molecule has 0 spiro atoms. The normalized spacial score (nSPS) is 11.7. The lowest BCUT2D eigenvalue weighted by Gasteiger charge is -2.14. The molecule has 0 saturated carbocycles. The van der Waals surface area contributed by atoms with Crippen molar-refractivity contribution in [3.05, 3.63) is 81.8 Å². The molecule has 9 nitrogen and oxygen atoms in total. The second-order valence-electron chi connectivity index (χ2n) is 8.31. The maximum absolute atomic E-state index is 13.3. The molecule has 0 bridgehead atoms. The Labute approximate surface area is 234 Å². The van der Waals surface area contributed by atoms with Crippen molar-refractivity contribution in [2.24, 2.45) is 10.2 Å². The van der Waals surface area contributed by atoms with Crippen LogP contribution in [-0.4, -0.2) is 30.6 Å². The zero-order valence-electron chi connectivity index (χ0n) is 20.8. The topological polar surface area (TPSA) is 138 Å². The van der Waals surface area contributed by atoms with Crippen molar-refractivity contribution < 1.29 is 27.6 Å². The highest BCUT2D eigenvalue weighted by Gasteiger charge is 2.22. The Morgan fingerprint density at radius 3 is 2.46 bits per heavy atom. The first-order valence-electron chi connectivity index (χ1n) is 11.7. The number of azo groups is 1. The van der Waals surface area contributed by atoms with E-state index in [0.717, 1.165) is 0 Å². The van der Waals surface area contributed by atoms with Gasteiger partial charge in [-0.2, -0.15) is 8.42 Å². The van der Waals surface area contributed by atoms with Crippen LogP contribution in [0.2, 0.25) is 10.0 Å². The molecule has 202 valence electrons. The third-order valence-corrected chi connectivity index (χ3v) is 7.25. The van der Waals surface area contributed by atoms with E-state index in [9.17, 15) is 22.9 Å². The van der Waals surface area contributed by atoms with Gasteiger partial charge in [-0.25, -0.2) is 0 Å². The number of fused-ring (bicyclic) bond motifs is 1. The van der Waals surface area contributed by atoms with Gasteiger partial charge in [0.1, 0.15) is 22.0 Å². The molecule has 0 aromatic heterocycles. The lowest BCUT2D eigenvalue weighted by Crippen LogP contribution is -2.13. The van der Waals surface area contributed by atoms with E-state index in [2.05, 4.69) is 15.5 Å². The van der Waals surface area contributed by atoms with Crippen molar-refractivity contribution in [1.82, 2.24) is 0 Å². The molecule has 3 N–H and O–H groups in total. The average molecular weight is 588 g/mol. The largest absolute Gasteiger partial charge is 0.505 e. The van der Waals surface area contributed by atoms with Crippen LogP contribution >= 0.6 is 23.2 Å². The lowest BCUT2D eigenvalue weighted by atomic mass is 10.0. The molecule has 0 unspecified atom stereocenters. The highest BCUT2D eigenvalue weighted by Crippen LogP contribution is 2.41. The van der Waals surface area contributed by atoms with Gasteiger partial charge < -0.3 is 15.2 Å². The predicted molar refractivity (Wildman–Crippen MR) is 151 cm³/mol. The summed E-state index contributed by atoms with van der Waals surface area (Å²) < 4.78 is 39.4. The molecule has 0 aliphatic carbocycles. The highest BCUT2D eigenvalue weighted by molar-refractivity contribution is 7.86. The van der Waals surface area contributed by atoms with Crippen LogP contribution in [0.5, 0.6) is 11.5 Å². The quantitative estimate of drug-likeness (QED) is 0.142. The fourth-order valence-electron chi connectivity index (χ4n) is 3.90. The molecule has 4 aromatic carbocycles. The van der Waals surface area contributed by atoms with Crippen LogP contribution in [0.15, 0.2) is 75.8 Å². The first-order chi connectivity index (χ1) is 18.5. The number of benzene rings is 4. The number of ether oxygens (including phenoxy) is 1. The molecule has 0 radical (unpaired) electrons. The number of nitrogens with zero attached hydrogens (tertiary/aromatic N) is 2. The van der Waals surface area contributed by atoms with E-state index >= 15 is 0 Å². The van der Waals surface area contributed by atoms with Crippen LogP contribution in [0, 0.1) is 0 Å². The third-order valence-electron chi connectivity index (χ3n) is 5.78. The minimum absolute atomic E-state index is 0.0867. The van der Waals surface area contributed by atoms with Crippen LogP contribution in [-0.2, 0) is 16.5 Å². The van der Waals surface area contributed by atoms with Crippen molar-refractivity contribution >= 4 is 67.1 Å². The van der Waals surface area contributed by atoms with Gasteiger partial charge >= 0.3 is 0 Å².